The molecule has 2 fully saturated rings. The molecule has 0 aliphatic heterocycles. The number of rotatable bonds is 3. The van der Waals surface area contributed by atoms with Crippen LogP contribution < -0.4 is 11.1 Å². The Kier molecular flexibility index (Phi) is 5.26. The molecule has 0 aromatic carbocycles. The molecule has 0 spiro atoms. The van der Waals surface area contributed by atoms with Crippen molar-refractivity contribution in [3.05, 3.63) is 0 Å². The van der Waals surface area contributed by atoms with Gasteiger partial charge >= 0.3 is 0 Å². The first-order chi connectivity index (χ1) is 9.13. The molecule has 19 heavy (non-hydrogen) atoms. The maximum atomic E-state index is 12.5. The highest BCUT2D eigenvalue weighted by atomic mass is 16.2. The number of carbonyl (C=O) groups excluding carboxylic acids is 1. The summed E-state index contributed by atoms with van der Waals surface area (Å²) in [5.74, 6) is 1.68. The summed E-state index contributed by atoms with van der Waals surface area (Å²) in [6.07, 6.45) is 9.20. The van der Waals surface area contributed by atoms with Gasteiger partial charge in [0.1, 0.15) is 0 Å². The predicted octanol–water partition coefficient (Wildman–Crippen LogP) is 2.83. The number of nitrogens with one attached hydrogen (secondary N) is 1. The second-order valence-corrected chi connectivity index (χ2v) is 6.63. The molecule has 2 aliphatic rings. The van der Waals surface area contributed by atoms with Crippen LogP contribution in [-0.2, 0) is 4.79 Å². The van der Waals surface area contributed by atoms with Gasteiger partial charge in [-0.15, -0.1) is 0 Å². The highest BCUT2D eigenvalue weighted by molar-refractivity contribution is 5.79. The average molecular weight is 266 g/mol. The number of carbonyl (C=O) groups is 1. The number of amides is 1. The molecular weight excluding hydrogens is 236 g/mol. The first kappa shape index (κ1) is 14.8. The first-order valence-corrected chi connectivity index (χ1v) is 8.19. The maximum Gasteiger partial charge on any atom is 0.224 e. The Morgan fingerprint density at radius 3 is 2.58 bits per heavy atom. The van der Waals surface area contributed by atoms with Crippen LogP contribution in [0.2, 0.25) is 0 Å². The van der Waals surface area contributed by atoms with Crippen LogP contribution in [0.1, 0.15) is 65.2 Å². The minimum Gasteiger partial charge on any atom is -0.353 e. The maximum absolute atomic E-state index is 12.5. The van der Waals surface area contributed by atoms with Gasteiger partial charge in [0.15, 0.2) is 0 Å². The van der Waals surface area contributed by atoms with E-state index in [-0.39, 0.29) is 17.9 Å². The van der Waals surface area contributed by atoms with E-state index in [4.69, 9.17) is 5.73 Å². The monoisotopic (exact) mass is 266 g/mol. The Hall–Kier alpha value is -0.570. The van der Waals surface area contributed by atoms with E-state index in [1.165, 1.54) is 25.7 Å². The molecule has 3 N–H and O–H groups in total. The first-order valence-electron chi connectivity index (χ1n) is 8.19. The van der Waals surface area contributed by atoms with Crippen LogP contribution in [0.5, 0.6) is 0 Å². The molecule has 1 amide bonds. The van der Waals surface area contributed by atoms with Gasteiger partial charge in [0, 0.05) is 12.1 Å². The lowest BCUT2D eigenvalue weighted by atomic mass is 9.91. The average Bonchev–Trinajstić information content (AvgIpc) is 2.61. The van der Waals surface area contributed by atoms with Gasteiger partial charge in [-0.1, -0.05) is 39.5 Å². The van der Waals surface area contributed by atoms with Crippen molar-refractivity contribution in [2.75, 3.05) is 0 Å². The highest BCUT2D eigenvalue weighted by Gasteiger charge is 2.35. The molecule has 0 radical (unpaired) electrons. The van der Waals surface area contributed by atoms with E-state index in [0.29, 0.717) is 12.0 Å². The smallest absolute Gasteiger partial charge is 0.224 e. The van der Waals surface area contributed by atoms with Gasteiger partial charge in [0.05, 0.1) is 5.92 Å². The Labute approximate surface area is 117 Å². The molecule has 0 heterocycles. The zero-order chi connectivity index (χ0) is 13.8. The van der Waals surface area contributed by atoms with E-state index in [1.807, 2.05) is 0 Å². The van der Waals surface area contributed by atoms with E-state index in [0.717, 1.165) is 31.6 Å². The number of hydrogen-bond acceptors (Lipinski definition) is 2. The second-order valence-electron chi connectivity index (χ2n) is 6.63. The second kappa shape index (κ2) is 6.74. The van der Waals surface area contributed by atoms with Crippen molar-refractivity contribution in [1.29, 1.82) is 0 Å². The Morgan fingerprint density at radius 2 is 1.89 bits per heavy atom. The van der Waals surface area contributed by atoms with Gasteiger partial charge < -0.3 is 11.1 Å². The molecule has 0 saturated heterocycles. The van der Waals surface area contributed by atoms with Crippen molar-refractivity contribution in [2.24, 2.45) is 23.5 Å². The number of nitrogens with two attached hydrogens (primary N) is 1. The molecule has 0 aromatic heterocycles. The molecule has 2 rings (SSSR count). The molecule has 5 atom stereocenters. The van der Waals surface area contributed by atoms with E-state index in [1.54, 1.807) is 0 Å². The lowest BCUT2D eigenvalue weighted by Gasteiger charge is -2.26. The van der Waals surface area contributed by atoms with Crippen LogP contribution in [0, 0.1) is 17.8 Å². The third kappa shape index (κ3) is 3.50. The van der Waals surface area contributed by atoms with E-state index in [9.17, 15) is 4.79 Å². The summed E-state index contributed by atoms with van der Waals surface area (Å²) >= 11 is 0. The van der Waals surface area contributed by atoms with E-state index >= 15 is 0 Å². The summed E-state index contributed by atoms with van der Waals surface area (Å²) in [5.41, 5.74) is 6.18. The molecule has 0 aromatic rings. The molecule has 110 valence electrons. The fourth-order valence-corrected chi connectivity index (χ4v) is 3.98. The quantitative estimate of drug-likeness (QED) is 0.772. The SMILES string of the molecule is CCC1CCC(NC(=O)C2CCCCCC2N)C1C. The van der Waals surface area contributed by atoms with Gasteiger partial charge in [0.25, 0.3) is 0 Å². The fourth-order valence-electron chi connectivity index (χ4n) is 3.98. The minimum atomic E-state index is 0.0513. The van der Waals surface area contributed by atoms with Crippen molar-refractivity contribution >= 4 is 5.91 Å². The fraction of sp³-hybridized carbons (Fsp3) is 0.938. The summed E-state index contributed by atoms with van der Waals surface area (Å²) in [5, 5.41) is 3.30. The molecule has 0 bridgehead atoms. The Balaban J connectivity index is 1.89. The number of hydrogen-bond donors (Lipinski definition) is 2. The third-order valence-corrected chi connectivity index (χ3v) is 5.48. The summed E-state index contributed by atoms with van der Waals surface area (Å²) in [6.45, 7) is 4.55. The molecule has 5 unspecified atom stereocenters. The van der Waals surface area contributed by atoms with Crippen molar-refractivity contribution in [3.63, 3.8) is 0 Å². The van der Waals surface area contributed by atoms with Crippen LogP contribution in [0.3, 0.4) is 0 Å². The van der Waals surface area contributed by atoms with Gasteiger partial charge in [-0.2, -0.15) is 0 Å². The Morgan fingerprint density at radius 1 is 1.16 bits per heavy atom. The van der Waals surface area contributed by atoms with Gasteiger partial charge in [-0.05, 0) is 37.5 Å². The molecule has 3 heteroatoms. The van der Waals surface area contributed by atoms with Crippen LogP contribution in [-0.4, -0.2) is 18.0 Å². The lowest BCUT2D eigenvalue weighted by molar-refractivity contribution is -0.126. The van der Waals surface area contributed by atoms with Crippen LogP contribution in [0.4, 0.5) is 0 Å². The van der Waals surface area contributed by atoms with Crippen LogP contribution in [0.15, 0.2) is 0 Å². The molecule has 2 saturated carbocycles. The zero-order valence-corrected chi connectivity index (χ0v) is 12.5. The van der Waals surface area contributed by atoms with Crippen LogP contribution in [0.25, 0.3) is 0 Å². The Bertz CT molecular complexity index is 305. The van der Waals surface area contributed by atoms with E-state index in [2.05, 4.69) is 19.2 Å². The molecule has 2 aliphatic carbocycles. The molecular formula is C16H30N2O. The van der Waals surface area contributed by atoms with E-state index < -0.39 is 0 Å². The standard InChI is InChI=1S/C16H30N2O/c1-3-12-9-10-15(11(12)2)18-16(19)13-7-5-4-6-8-14(13)17/h11-15H,3-10,17H2,1-2H3,(H,18,19). The summed E-state index contributed by atoms with van der Waals surface area (Å²) in [6, 6.07) is 0.453. The van der Waals surface area contributed by atoms with Crippen molar-refractivity contribution < 1.29 is 4.79 Å². The molecule has 3 nitrogen and oxygen atoms in total. The lowest BCUT2D eigenvalue weighted by Crippen LogP contribution is -2.46. The van der Waals surface area contributed by atoms with Crippen molar-refractivity contribution in [3.8, 4) is 0 Å². The summed E-state index contributed by atoms with van der Waals surface area (Å²) in [4.78, 5) is 12.5. The summed E-state index contributed by atoms with van der Waals surface area (Å²) in [7, 11) is 0. The van der Waals surface area contributed by atoms with Gasteiger partial charge in [0.2, 0.25) is 5.91 Å². The third-order valence-electron chi connectivity index (χ3n) is 5.48. The van der Waals surface area contributed by atoms with Gasteiger partial charge in [-0.3, -0.25) is 4.79 Å². The summed E-state index contributed by atoms with van der Waals surface area (Å²) < 4.78 is 0. The van der Waals surface area contributed by atoms with Crippen molar-refractivity contribution in [1.82, 2.24) is 5.32 Å². The van der Waals surface area contributed by atoms with Gasteiger partial charge in [-0.25, -0.2) is 0 Å². The minimum absolute atomic E-state index is 0.0513. The topological polar surface area (TPSA) is 55.1 Å². The zero-order valence-electron chi connectivity index (χ0n) is 12.5. The predicted molar refractivity (Wildman–Crippen MR) is 78.7 cm³/mol. The van der Waals surface area contributed by atoms with Crippen LogP contribution >= 0.6 is 0 Å². The highest BCUT2D eigenvalue weighted by Crippen LogP contribution is 2.34. The largest absolute Gasteiger partial charge is 0.353 e. The van der Waals surface area contributed by atoms with Crippen molar-refractivity contribution in [2.45, 2.75) is 77.3 Å². The normalized spacial score (nSPS) is 39.8.